The number of hydrogen-bond acceptors (Lipinski definition) is 3. The number of benzene rings is 1. The molecule has 0 amide bonds. The Bertz CT molecular complexity index is 399. The van der Waals surface area contributed by atoms with Crippen LogP contribution >= 0.6 is 0 Å². The van der Waals surface area contributed by atoms with Gasteiger partial charge in [0.2, 0.25) is 0 Å². The Labute approximate surface area is 82.7 Å². The molecular formula is C11H9N3. The van der Waals surface area contributed by atoms with Crippen molar-refractivity contribution in [2.24, 2.45) is 5.73 Å². The van der Waals surface area contributed by atoms with Crippen molar-refractivity contribution in [3.8, 4) is 12.1 Å². The van der Waals surface area contributed by atoms with Crippen LogP contribution in [0.5, 0.6) is 0 Å². The van der Waals surface area contributed by atoms with Crippen molar-refractivity contribution in [2.45, 2.75) is 6.54 Å². The minimum Gasteiger partial charge on any atom is -0.326 e. The van der Waals surface area contributed by atoms with Gasteiger partial charge in [0.05, 0.1) is 0 Å². The predicted molar refractivity (Wildman–Crippen MR) is 53.5 cm³/mol. The number of nitrogens with zero attached hydrogens (tertiary/aromatic N) is 2. The van der Waals surface area contributed by atoms with Crippen LogP contribution in [-0.4, -0.2) is 0 Å². The Morgan fingerprint density at radius 3 is 2.21 bits per heavy atom. The molecule has 0 aliphatic carbocycles. The van der Waals surface area contributed by atoms with Crippen molar-refractivity contribution in [2.75, 3.05) is 0 Å². The fraction of sp³-hybridized carbons (Fsp3) is 0.0909. The highest BCUT2D eigenvalue weighted by Gasteiger charge is 1.94. The standard InChI is InChI=1S/C11H9N3/c12-6-10-3-1-9(2-4-10)5-11(7-13)8-14/h1-5H,6,12H2. The van der Waals surface area contributed by atoms with Crippen molar-refractivity contribution in [3.63, 3.8) is 0 Å². The van der Waals surface area contributed by atoms with E-state index in [0.717, 1.165) is 11.1 Å². The molecule has 3 nitrogen and oxygen atoms in total. The molecule has 14 heavy (non-hydrogen) atoms. The largest absolute Gasteiger partial charge is 0.326 e. The summed E-state index contributed by atoms with van der Waals surface area (Å²) < 4.78 is 0. The van der Waals surface area contributed by atoms with Gasteiger partial charge >= 0.3 is 0 Å². The Hall–Kier alpha value is -2.10. The van der Waals surface area contributed by atoms with Gasteiger partial charge in [0.1, 0.15) is 17.7 Å². The summed E-state index contributed by atoms with van der Waals surface area (Å²) in [6.45, 7) is 0.493. The van der Waals surface area contributed by atoms with Gasteiger partial charge in [0.15, 0.2) is 0 Å². The number of allylic oxidation sites excluding steroid dienone is 1. The van der Waals surface area contributed by atoms with Crippen molar-refractivity contribution in [3.05, 3.63) is 41.0 Å². The van der Waals surface area contributed by atoms with Gasteiger partial charge in [-0.3, -0.25) is 0 Å². The molecule has 0 bridgehead atoms. The number of nitriles is 2. The monoisotopic (exact) mass is 183 g/mol. The van der Waals surface area contributed by atoms with Crippen LogP contribution in [0.15, 0.2) is 29.8 Å². The summed E-state index contributed by atoms with van der Waals surface area (Å²) in [7, 11) is 0. The van der Waals surface area contributed by atoms with Crippen LogP contribution in [0.1, 0.15) is 11.1 Å². The molecule has 68 valence electrons. The van der Waals surface area contributed by atoms with Gasteiger partial charge < -0.3 is 5.73 Å². The summed E-state index contributed by atoms with van der Waals surface area (Å²) in [4.78, 5) is 0. The average Bonchev–Trinajstić information content (AvgIpc) is 2.26. The van der Waals surface area contributed by atoms with Crippen LogP contribution in [0.25, 0.3) is 6.08 Å². The van der Waals surface area contributed by atoms with Crippen molar-refractivity contribution >= 4 is 6.08 Å². The Morgan fingerprint density at radius 2 is 1.79 bits per heavy atom. The highest BCUT2D eigenvalue weighted by atomic mass is 14.5. The third-order valence-corrected chi connectivity index (χ3v) is 1.77. The smallest absolute Gasteiger partial charge is 0.130 e. The second kappa shape index (κ2) is 4.81. The molecule has 1 aromatic carbocycles. The summed E-state index contributed by atoms with van der Waals surface area (Å²) in [5, 5.41) is 17.1. The van der Waals surface area contributed by atoms with Crippen molar-refractivity contribution < 1.29 is 0 Å². The van der Waals surface area contributed by atoms with Gasteiger partial charge in [-0.1, -0.05) is 24.3 Å². The van der Waals surface area contributed by atoms with Crippen LogP contribution in [0, 0.1) is 22.7 Å². The summed E-state index contributed by atoms with van der Waals surface area (Å²) in [6, 6.07) is 11.0. The number of rotatable bonds is 2. The zero-order chi connectivity index (χ0) is 10.4. The fourth-order valence-corrected chi connectivity index (χ4v) is 1.01. The second-order valence-corrected chi connectivity index (χ2v) is 2.73. The fourth-order valence-electron chi connectivity index (χ4n) is 1.01. The summed E-state index contributed by atoms with van der Waals surface area (Å²) in [5.74, 6) is 0. The maximum Gasteiger partial charge on any atom is 0.130 e. The van der Waals surface area contributed by atoms with Gasteiger partial charge in [-0.15, -0.1) is 0 Å². The second-order valence-electron chi connectivity index (χ2n) is 2.73. The zero-order valence-corrected chi connectivity index (χ0v) is 7.57. The quantitative estimate of drug-likeness (QED) is 0.707. The molecule has 0 fully saturated rings. The minimum absolute atomic E-state index is 0.102. The van der Waals surface area contributed by atoms with Crippen LogP contribution in [0.4, 0.5) is 0 Å². The van der Waals surface area contributed by atoms with E-state index in [4.69, 9.17) is 16.3 Å². The molecule has 0 unspecified atom stereocenters. The van der Waals surface area contributed by atoms with Gasteiger partial charge in [-0.05, 0) is 17.2 Å². The molecular weight excluding hydrogens is 174 g/mol. The molecule has 1 aromatic rings. The lowest BCUT2D eigenvalue weighted by atomic mass is 10.1. The molecule has 0 heterocycles. The Morgan fingerprint density at radius 1 is 1.21 bits per heavy atom. The summed E-state index contributed by atoms with van der Waals surface area (Å²) >= 11 is 0. The lowest BCUT2D eigenvalue weighted by molar-refractivity contribution is 1.07. The minimum atomic E-state index is 0.102. The van der Waals surface area contributed by atoms with E-state index in [1.54, 1.807) is 18.2 Å². The molecule has 0 aliphatic heterocycles. The number of nitrogens with two attached hydrogens (primary N) is 1. The SMILES string of the molecule is N#CC(C#N)=Cc1ccc(CN)cc1. The van der Waals surface area contributed by atoms with E-state index >= 15 is 0 Å². The third-order valence-electron chi connectivity index (χ3n) is 1.77. The Kier molecular flexibility index (Phi) is 3.43. The van der Waals surface area contributed by atoms with E-state index in [2.05, 4.69) is 0 Å². The van der Waals surface area contributed by atoms with Gasteiger partial charge in [-0.2, -0.15) is 10.5 Å². The summed E-state index contributed by atoms with van der Waals surface area (Å²) in [5.41, 5.74) is 7.39. The van der Waals surface area contributed by atoms with Gasteiger partial charge in [-0.25, -0.2) is 0 Å². The maximum atomic E-state index is 8.53. The predicted octanol–water partition coefficient (Wildman–Crippen LogP) is 1.58. The first kappa shape index (κ1) is 9.98. The first-order valence-corrected chi connectivity index (χ1v) is 4.11. The van der Waals surface area contributed by atoms with E-state index in [9.17, 15) is 0 Å². The molecule has 0 radical (unpaired) electrons. The van der Waals surface area contributed by atoms with E-state index in [0.29, 0.717) is 6.54 Å². The molecule has 2 N–H and O–H groups in total. The molecule has 0 aliphatic rings. The van der Waals surface area contributed by atoms with E-state index in [1.807, 2.05) is 24.3 Å². The van der Waals surface area contributed by atoms with Crippen LogP contribution in [0.3, 0.4) is 0 Å². The van der Waals surface area contributed by atoms with E-state index in [-0.39, 0.29) is 5.57 Å². The third kappa shape index (κ3) is 2.45. The lowest BCUT2D eigenvalue weighted by Crippen LogP contribution is -1.95. The van der Waals surface area contributed by atoms with Crippen LogP contribution in [0.2, 0.25) is 0 Å². The average molecular weight is 183 g/mol. The molecule has 0 aromatic heterocycles. The highest BCUT2D eigenvalue weighted by molar-refractivity contribution is 5.61. The van der Waals surface area contributed by atoms with Crippen molar-refractivity contribution in [1.82, 2.24) is 0 Å². The lowest BCUT2D eigenvalue weighted by Gasteiger charge is -1.96. The summed E-state index contributed by atoms with van der Waals surface area (Å²) in [6.07, 6.45) is 1.54. The first-order valence-electron chi connectivity index (χ1n) is 4.11. The highest BCUT2D eigenvalue weighted by Crippen LogP contribution is 2.07. The van der Waals surface area contributed by atoms with Gasteiger partial charge in [0, 0.05) is 6.54 Å². The Balaban J connectivity index is 2.95. The molecule has 1 rings (SSSR count). The van der Waals surface area contributed by atoms with Crippen molar-refractivity contribution in [1.29, 1.82) is 10.5 Å². The molecule has 3 heteroatoms. The topological polar surface area (TPSA) is 73.6 Å². The van der Waals surface area contributed by atoms with E-state index < -0.39 is 0 Å². The zero-order valence-electron chi connectivity index (χ0n) is 7.57. The maximum absolute atomic E-state index is 8.53. The van der Waals surface area contributed by atoms with Crippen LogP contribution < -0.4 is 5.73 Å². The van der Waals surface area contributed by atoms with Gasteiger partial charge in [0.25, 0.3) is 0 Å². The molecule has 0 saturated carbocycles. The normalized spacial score (nSPS) is 8.50. The molecule has 0 atom stereocenters. The van der Waals surface area contributed by atoms with E-state index in [1.165, 1.54) is 0 Å². The first-order chi connectivity index (χ1) is 6.80. The number of hydrogen-bond donors (Lipinski definition) is 1. The van der Waals surface area contributed by atoms with Crippen LogP contribution in [-0.2, 0) is 6.54 Å². The molecule has 0 spiro atoms. The molecule has 0 saturated heterocycles.